The van der Waals surface area contributed by atoms with Crippen LogP contribution in [0.5, 0.6) is 0 Å². The van der Waals surface area contributed by atoms with E-state index < -0.39 is 38.8 Å². The van der Waals surface area contributed by atoms with Gasteiger partial charge in [0.1, 0.15) is 6.67 Å². The first-order valence-electron chi connectivity index (χ1n) is 14.2. The highest BCUT2D eigenvalue weighted by Gasteiger charge is 2.39. The van der Waals surface area contributed by atoms with Crippen molar-refractivity contribution in [2.24, 2.45) is 5.73 Å². The lowest BCUT2D eigenvalue weighted by molar-refractivity contribution is -0.137. The molecule has 6 rings (SSSR count). The fourth-order valence-electron chi connectivity index (χ4n) is 5.35. The topological polar surface area (TPSA) is 153 Å². The van der Waals surface area contributed by atoms with Crippen molar-refractivity contribution in [3.05, 3.63) is 64.4 Å². The monoisotopic (exact) mass is 653 g/mol. The summed E-state index contributed by atoms with van der Waals surface area (Å²) in [4.78, 5) is 12.7. The van der Waals surface area contributed by atoms with Crippen molar-refractivity contribution in [3.63, 3.8) is 0 Å². The fraction of sp³-hybridized carbons (Fsp3) is 0.481. The van der Waals surface area contributed by atoms with Crippen LogP contribution in [-0.4, -0.2) is 63.1 Å². The Hall–Kier alpha value is -3.41. The first-order valence-corrected chi connectivity index (χ1v) is 16.6. The van der Waals surface area contributed by atoms with E-state index in [0.717, 1.165) is 29.8 Å². The number of nitrogens with two attached hydrogens (primary N) is 1. The van der Waals surface area contributed by atoms with Gasteiger partial charge in [-0.1, -0.05) is 0 Å². The maximum absolute atomic E-state index is 13.4. The number of nitrogens with zero attached hydrogens (tertiary/aromatic N) is 5. The number of hydrogen-bond donors (Lipinski definition) is 4. The lowest BCUT2D eigenvalue weighted by Gasteiger charge is -2.35. The van der Waals surface area contributed by atoms with Crippen LogP contribution in [-0.2, 0) is 21.9 Å². The van der Waals surface area contributed by atoms with E-state index >= 15 is 0 Å². The van der Waals surface area contributed by atoms with Crippen molar-refractivity contribution in [2.75, 3.05) is 13.2 Å². The molecule has 236 valence electrons. The van der Waals surface area contributed by atoms with E-state index in [-0.39, 0.29) is 23.6 Å². The molecule has 17 heteroatoms. The minimum Gasteiger partial charge on any atom is -0.382 e. The lowest BCUT2D eigenvalue weighted by atomic mass is 9.89. The van der Waals surface area contributed by atoms with Crippen LogP contribution in [0, 0.1) is 0 Å². The minimum absolute atomic E-state index is 0.00337. The van der Waals surface area contributed by atoms with E-state index in [1.807, 2.05) is 0 Å². The van der Waals surface area contributed by atoms with E-state index in [1.165, 1.54) is 30.2 Å². The van der Waals surface area contributed by atoms with Gasteiger partial charge >= 0.3 is 6.18 Å². The smallest absolute Gasteiger partial charge is 0.382 e. The summed E-state index contributed by atoms with van der Waals surface area (Å²) in [5, 5.41) is 13.7. The molecular weight excluding hydrogens is 622 g/mol. The van der Waals surface area contributed by atoms with Gasteiger partial charge in [-0.25, -0.2) is 27.8 Å². The second-order valence-corrected chi connectivity index (χ2v) is 14.0. The number of nitrogens with one attached hydrogen (secondary N) is 3. The highest BCUT2D eigenvalue weighted by molar-refractivity contribution is 7.90. The molecule has 3 aromatic heterocycles. The summed E-state index contributed by atoms with van der Waals surface area (Å²) in [6, 6.07) is 1.79. The Bertz CT molecular complexity index is 1680. The Kier molecular flexibility index (Phi) is 8.23. The summed E-state index contributed by atoms with van der Waals surface area (Å²) in [5.74, 6) is 0.206. The van der Waals surface area contributed by atoms with Gasteiger partial charge in [-0.3, -0.25) is 0 Å². The van der Waals surface area contributed by atoms with Crippen LogP contribution in [0.2, 0.25) is 0 Å². The summed E-state index contributed by atoms with van der Waals surface area (Å²) < 4.78 is 78.9. The van der Waals surface area contributed by atoms with Crippen molar-refractivity contribution in [1.82, 2.24) is 40.1 Å². The van der Waals surface area contributed by atoms with Crippen LogP contribution >= 0.6 is 11.3 Å². The second kappa shape index (κ2) is 11.8. The number of halogens is 4. The van der Waals surface area contributed by atoms with Gasteiger partial charge in [-0.15, -0.1) is 11.3 Å². The molecule has 0 bridgehead atoms. The average Bonchev–Trinajstić information content (AvgIpc) is 3.53. The summed E-state index contributed by atoms with van der Waals surface area (Å²) in [6.07, 6.45) is 7.17. The number of dihydropyridines is 1. The van der Waals surface area contributed by atoms with Gasteiger partial charge < -0.3 is 21.7 Å². The van der Waals surface area contributed by atoms with Crippen molar-refractivity contribution in [3.8, 4) is 11.4 Å². The number of alkyl halides is 4. The van der Waals surface area contributed by atoms with Gasteiger partial charge in [0.2, 0.25) is 0 Å². The van der Waals surface area contributed by atoms with Gasteiger partial charge in [0.05, 0.1) is 34.6 Å². The van der Waals surface area contributed by atoms with Crippen LogP contribution in [0.25, 0.3) is 17.0 Å². The Balaban J connectivity index is 1.28. The van der Waals surface area contributed by atoms with Crippen LogP contribution in [0.4, 0.5) is 17.6 Å². The van der Waals surface area contributed by atoms with E-state index in [4.69, 9.17) is 5.73 Å². The average molecular weight is 654 g/mol. The van der Waals surface area contributed by atoms with Crippen LogP contribution in [0.15, 0.2) is 48.0 Å². The van der Waals surface area contributed by atoms with Crippen molar-refractivity contribution in [2.45, 2.75) is 67.7 Å². The minimum atomic E-state index is -4.57. The third-order valence-electron chi connectivity index (χ3n) is 7.86. The number of thiazole rings is 1. The summed E-state index contributed by atoms with van der Waals surface area (Å²) in [7, 11) is -3.57. The van der Waals surface area contributed by atoms with E-state index in [2.05, 4.69) is 36.0 Å². The maximum Gasteiger partial charge on any atom is 0.443 e. The molecular formula is C27H31F4N9O2S2. The molecule has 0 amide bonds. The number of rotatable bonds is 10. The Morgan fingerprint density at radius 2 is 1.89 bits per heavy atom. The zero-order valence-corrected chi connectivity index (χ0v) is 25.0. The molecule has 5 N–H and O–H groups in total. The molecule has 44 heavy (non-hydrogen) atoms. The maximum atomic E-state index is 13.4. The molecule has 4 heterocycles. The van der Waals surface area contributed by atoms with Gasteiger partial charge in [-0.2, -0.15) is 22.4 Å². The summed E-state index contributed by atoms with van der Waals surface area (Å²) in [6.45, 7) is -0.142. The van der Waals surface area contributed by atoms with Crippen molar-refractivity contribution >= 4 is 26.9 Å². The second-order valence-electron chi connectivity index (χ2n) is 11.1. The normalized spacial score (nSPS) is 24.4. The summed E-state index contributed by atoms with van der Waals surface area (Å²) in [5.41, 5.74) is 7.18. The van der Waals surface area contributed by atoms with Gasteiger partial charge in [0.15, 0.2) is 16.5 Å². The Morgan fingerprint density at radius 1 is 1.14 bits per heavy atom. The quantitative estimate of drug-likeness (QED) is 0.240. The van der Waals surface area contributed by atoms with Gasteiger partial charge in [0, 0.05) is 47.7 Å². The molecule has 2 saturated carbocycles. The summed E-state index contributed by atoms with van der Waals surface area (Å²) >= 11 is 0.510. The third-order valence-corrected chi connectivity index (χ3v) is 10.8. The first-order chi connectivity index (χ1) is 21.0. The van der Waals surface area contributed by atoms with Crippen LogP contribution in [0.3, 0.4) is 0 Å². The Labute approximate surface area is 255 Å². The predicted molar refractivity (Wildman–Crippen MR) is 156 cm³/mol. The number of hydrogen-bond acceptors (Lipinski definition) is 11. The molecule has 3 aromatic rings. The first kappa shape index (κ1) is 30.6. The van der Waals surface area contributed by atoms with Crippen LogP contribution < -0.4 is 21.7 Å². The molecule has 2 aliphatic carbocycles. The Morgan fingerprint density at radius 3 is 2.57 bits per heavy atom. The van der Waals surface area contributed by atoms with E-state index in [0.29, 0.717) is 53.3 Å². The number of aromatic nitrogens is 5. The molecule has 1 unspecified atom stereocenters. The fourth-order valence-corrected chi connectivity index (χ4v) is 7.51. The highest BCUT2D eigenvalue weighted by Crippen LogP contribution is 2.37. The molecule has 3 aliphatic rings. The van der Waals surface area contributed by atoms with Gasteiger partial charge in [0.25, 0.3) is 10.0 Å². The third kappa shape index (κ3) is 6.36. The molecule has 0 saturated heterocycles. The molecule has 1 atom stereocenters. The predicted octanol–water partition coefficient (Wildman–Crippen LogP) is 3.26. The zero-order chi connectivity index (χ0) is 31.1. The van der Waals surface area contributed by atoms with E-state index in [9.17, 15) is 26.0 Å². The van der Waals surface area contributed by atoms with E-state index in [1.54, 1.807) is 12.1 Å². The van der Waals surface area contributed by atoms with Crippen LogP contribution in [0.1, 0.15) is 54.9 Å². The van der Waals surface area contributed by atoms with Gasteiger partial charge in [-0.05, 0) is 50.7 Å². The standard InChI is InChI=1S/C27H31F4N9O2S2/c28-8-10-33-17-1-3-18(4-2-17)37-21-11-26(32,35-13-20(21)22-15-43-25(38-22)27(29,30)31)23-7-9-34-24(39-23)16-12-36-40(14-16)44(41,42)19-5-6-19/h7,9,11-15,17-19,33,35,37H,1-6,8,10,32H2. The molecule has 2 fully saturated rings. The largest absolute Gasteiger partial charge is 0.443 e. The van der Waals surface area contributed by atoms with Crippen molar-refractivity contribution in [1.29, 1.82) is 0 Å². The molecule has 0 spiro atoms. The number of allylic oxidation sites excluding steroid dienone is 1. The highest BCUT2D eigenvalue weighted by atomic mass is 32.2. The molecule has 11 nitrogen and oxygen atoms in total. The molecule has 0 radical (unpaired) electrons. The SMILES string of the molecule is NC1(c2ccnc(-c3cnn(S(=O)(=O)C4CC4)c3)n2)C=C(NC2CCC(NCCF)CC2)C(c2csc(C(F)(F)F)n2)=CN1. The molecule has 0 aromatic carbocycles. The molecule has 1 aliphatic heterocycles. The van der Waals surface area contributed by atoms with Crippen molar-refractivity contribution < 1.29 is 26.0 Å². The zero-order valence-electron chi connectivity index (χ0n) is 23.4. The lowest BCUT2D eigenvalue weighted by Crippen LogP contribution is -2.50.